The lowest BCUT2D eigenvalue weighted by Crippen LogP contribution is -2.32. The Hall–Kier alpha value is -1.06. The van der Waals surface area contributed by atoms with E-state index in [1.807, 2.05) is 13.8 Å². The maximum atomic E-state index is 10.5. The number of nitrogens with zero attached hydrogens (tertiary/aromatic N) is 1. The number of hydrogen-bond donors (Lipinski definition) is 2. The van der Waals surface area contributed by atoms with Gasteiger partial charge in [-0.25, -0.2) is 10.2 Å². The van der Waals surface area contributed by atoms with E-state index in [-0.39, 0.29) is 5.41 Å². The van der Waals surface area contributed by atoms with Crippen molar-refractivity contribution < 1.29 is 4.79 Å². The van der Waals surface area contributed by atoms with Gasteiger partial charge in [0.25, 0.3) is 0 Å². The van der Waals surface area contributed by atoms with Gasteiger partial charge in [-0.2, -0.15) is 5.10 Å². The van der Waals surface area contributed by atoms with Crippen molar-refractivity contribution in [1.82, 2.24) is 5.43 Å². The van der Waals surface area contributed by atoms with Crippen molar-refractivity contribution in [3.63, 3.8) is 0 Å². The molecule has 76 valence electrons. The summed E-state index contributed by atoms with van der Waals surface area (Å²) in [5.74, 6) is 0.298. The van der Waals surface area contributed by atoms with E-state index in [4.69, 9.17) is 5.73 Å². The van der Waals surface area contributed by atoms with Gasteiger partial charge < -0.3 is 5.73 Å². The van der Waals surface area contributed by atoms with Crippen molar-refractivity contribution in [2.24, 2.45) is 22.2 Å². The second-order valence-corrected chi connectivity index (χ2v) is 4.38. The van der Waals surface area contributed by atoms with Crippen LogP contribution in [0.4, 0.5) is 4.79 Å². The average Bonchev–Trinajstić information content (AvgIpc) is 1.81. The number of hydrazone groups is 1. The normalized spacial score (nSPS) is 13.2. The molecule has 13 heavy (non-hydrogen) atoms. The van der Waals surface area contributed by atoms with Crippen molar-refractivity contribution in [2.75, 3.05) is 0 Å². The second-order valence-electron chi connectivity index (χ2n) is 4.38. The SMILES string of the molecule is CC(C)/C(=N\NC(N)=O)C(C)(C)C. The Balaban J connectivity index is 4.62. The first-order chi connectivity index (χ1) is 5.75. The number of hydrogen-bond acceptors (Lipinski definition) is 2. The summed E-state index contributed by atoms with van der Waals surface area (Å²) >= 11 is 0. The topological polar surface area (TPSA) is 67.5 Å². The minimum absolute atomic E-state index is 0.0450. The van der Waals surface area contributed by atoms with Crippen molar-refractivity contribution >= 4 is 11.7 Å². The Morgan fingerprint density at radius 2 is 1.85 bits per heavy atom. The Morgan fingerprint density at radius 1 is 1.38 bits per heavy atom. The minimum Gasteiger partial charge on any atom is -0.350 e. The van der Waals surface area contributed by atoms with Crippen molar-refractivity contribution in [3.05, 3.63) is 0 Å². The molecule has 2 amide bonds. The Morgan fingerprint density at radius 3 is 2.08 bits per heavy atom. The molecule has 0 fully saturated rings. The fourth-order valence-corrected chi connectivity index (χ4v) is 1.28. The number of primary amides is 1. The van der Waals surface area contributed by atoms with Crippen LogP contribution in [0.3, 0.4) is 0 Å². The number of carbonyl (C=O) groups excluding carboxylic acids is 1. The number of urea groups is 1. The molecular weight excluding hydrogens is 166 g/mol. The summed E-state index contributed by atoms with van der Waals surface area (Å²) in [6.45, 7) is 10.2. The molecule has 0 aliphatic rings. The van der Waals surface area contributed by atoms with E-state index < -0.39 is 6.03 Å². The second kappa shape index (κ2) is 4.25. The molecular formula is C9H19N3O. The zero-order valence-corrected chi connectivity index (χ0v) is 9.01. The molecule has 0 rings (SSSR count). The van der Waals surface area contributed by atoms with Gasteiger partial charge in [-0.1, -0.05) is 34.6 Å². The smallest absolute Gasteiger partial charge is 0.332 e. The van der Waals surface area contributed by atoms with Gasteiger partial charge in [-0.15, -0.1) is 0 Å². The van der Waals surface area contributed by atoms with Gasteiger partial charge in [0, 0.05) is 11.1 Å². The van der Waals surface area contributed by atoms with Gasteiger partial charge in [0.1, 0.15) is 0 Å². The Kier molecular flexibility index (Phi) is 3.91. The van der Waals surface area contributed by atoms with Crippen LogP contribution in [0.25, 0.3) is 0 Å². The zero-order chi connectivity index (χ0) is 10.6. The van der Waals surface area contributed by atoms with Crippen molar-refractivity contribution in [2.45, 2.75) is 34.6 Å². The van der Waals surface area contributed by atoms with Gasteiger partial charge in [-0.05, 0) is 5.92 Å². The first kappa shape index (κ1) is 11.9. The number of nitrogens with one attached hydrogen (secondary N) is 1. The van der Waals surface area contributed by atoms with Gasteiger partial charge in [0.05, 0.1) is 0 Å². The molecule has 0 spiro atoms. The number of amides is 2. The first-order valence-electron chi connectivity index (χ1n) is 4.38. The predicted molar refractivity (Wildman–Crippen MR) is 54.4 cm³/mol. The molecule has 4 heteroatoms. The van der Waals surface area contributed by atoms with Gasteiger partial charge >= 0.3 is 6.03 Å². The molecule has 0 saturated heterocycles. The van der Waals surface area contributed by atoms with Gasteiger partial charge in [0.15, 0.2) is 0 Å². The number of nitrogens with two attached hydrogens (primary N) is 1. The summed E-state index contributed by atoms with van der Waals surface area (Å²) in [5.41, 5.74) is 8.08. The average molecular weight is 185 g/mol. The monoisotopic (exact) mass is 185 g/mol. The number of rotatable bonds is 2. The molecule has 0 aromatic carbocycles. The van der Waals surface area contributed by atoms with E-state index >= 15 is 0 Å². The fourth-order valence-electron chi connectivity index (χ4n) is 1.28. The molecule has 0 atom stereocenters. The largest absolute Gasteiger partial charge is 0.350 e. The van der Waals surface area contributed by atoms with Crippen molar-refractivity contribution in [1.29, 1.82) is 0 Å². The van der Waals surface area contributed by atoms with Crippen LogP contribution in [0, 0.1) is 11.3 Å². The highest BCUT2D eigenvalue weighted by atomic mass is 16.2. The lowest BCUT2D eigenvalue weighted by molar-refractivity contribution is 0.249. The molecule has 0 aliphatic carbocycles. The van der Waals surface area contributed by atoms with E-state index in [0.29, 0.717) is 5.92 Å². The molecule has 0 heterocycles. The summed E-state index contributed by atoms with van der Waals surface area (Å²) < 4.78 is 0. The predicted octanol–water partition coefficient (Wildman–Crippen LogP) is 1.71. The van der Waals surface area contributed by atoms with E-state index in [9.17, 15) is 4.79 Å². The lowest BCUT2D eigenvalue weighted by atomic mass is 9.84. The van der Waals surface area contributed by atoms with Crippen LogP contribution in [0.5, 0.6) is 0 Å². The summed E-state index contributed by atoms with van der Waals surface area (Å²) in [6.07, 6.45) is 0. The van der Waals surface area contributed by atoms with E-state index in [2.05, 4.69) is 31.3 Å². The van der Waals surface area contributed by atoms with Crippen LogP contribution in [-0.2, 0) is 0 Å². The summed E-state index contributed by atoms with van der Waals surface area (Å²) in [5, 5.41) is 3.99. The number of carbonyl (C=O) groups is 1. The Labute approximate surface area is 79.6 Å². The third kappa shape index (κ3) is 4.50. The quantitative estimate of drug-likeness (QED) is 0.499. The van der Waals surface area contributed by atoms with Crippen LogP contribution >= 0.6 is 0 Å². The van der Waals surface area contributed by atoms with Crippen LogP contribution in [0.15, 0.2) is 5.10 Å². The van der Waals surface area contributed by atoms with Crippen molar-refractivity contribution in [3.8, 4) is 0 Å². The standard InChI is InChI=1S/C9H19N3O/c1-6(2)7(9(3,4)5)11-12-8(10)13/h6H,1-5H3,(H3,10,12,13)/b11-7+. The molecule has 0 aliphatic heterocycles. The molecule has 0 saturated carbocycles. The molecule has 4 nitrogen and oxygen atoms in total. The fraction of sp³-hybridized carbons (Fsp3) is 0.778. The minimum atomic E-state index is -0.623. The maximum absolute atomic E-state index is 10.5. The third-order valence-corrected chi connectivity index (χ3v) is 1.60. The molecule has 0 radical (unpaired) electrons. The highest BCUT2D eigenvalue weighted by molar-refractivity contribution is 5.91. The molecule has 3 N–H and O–H groups in total. The maximum Gasteiger partial charge on any atom is 0.332 e. The summed E-state index contributed by atoms with van der Waals surface area (Å²) in [6, 6.07) is -0.623. The summed E-state index contributed by atoms with van der Waals surface area (Å²) in [4.78, 5) is 10.5. The summed E-state index contributed by atoms with van der Waals surface area (Å²) in [7, 11) is 0. The van der Waals surface area contributed by atoms with E-state index in [0.717, 1.165) is 5.71 Å². The van der Waals surface area contributed by atoms with E-state index in [1.54, 1.807) is 0 Å². The van der Waals surface area contributed by atoms with Crippen LogP contribution in [-0.4, -0.2) is 11.7 Å². The molecule has 0 aromatic heterocycles. The first-order valence-corrected chi connectivity index (χ1v) is 4.38. The lowest BCUT2D eigenvalue weighted by Gasteiger charge is -2.24. The van der Waals surface area contributed by atoms with Gasteiger partial charge in [0.2, 0.25) is 0 Å². The van der Waals surface area contributed by atoms with Crippen LogP contribution in [0.2, 0.25) is 0 Å². The van der Waals surface area contributed by atoms with Crippen LogP contribution < -0.4 is 11.2 Å². The third-order valence-electron chi connectivity index (χ3n) is 1.60. The molecule has 0 bridgehead atoms. The van der Waals surface area contributed by atoms with Crippen LogP contribution in [0.1, 0.15) is 34.6 Å². The Bertz CT molecular complexity index is 213. The van der Waals surface area contributed by atoms with Gasteiger partial charge in [-0.3, -0.25) is 0 Å². The highest BCUT2D eigenvalue weighted by Gasteiger charge is 2.22. The highest BCUT2D eigenvalue weighted by Crippen LogP contribution is 2.21. The molecule has 0 unspecified atom stereocenters. The zero-order valence-electron chi connectivity index (χ0n) is 9.01. The molecule has 0 aromatic rings. The van der Waals surface area contributed by atoms with E-state index in [1.165, 1.54) is 0 Å².